The number of hydrogen-bond acceptors (Lipinski definition) is 5. The summed E-state index contributed by atoms with van der Waals surface area (Å²) in [6.07, 6.45) is -3.06. The summed E-state index contributed by atoms with van der Waals surface area (Å²) in [6.45, 7) is 0. The van der Waals surface area contributed by atoms with Gasteiger partial charge in [0.1, 0.15) is 17.3 Å². The highest BCUT2D eigenvalue weighted by Gasteiger charge is 2.32. The third-order valence-electron chi connectivity index (χ3n) is 8.50. The van der Waals surface area contributed by atoms with Gasteiger partial charge in [-0.1, -0.05) is 75.4 Å². The number of halogens is 8. The highest BCUT2D eigenvalue weighted by atomic mass is 79.9. The van der Waals surface area contributed by atoms with E-state index in [-0.39, 0.29) is 29.9 Å². The maximum Gasteiger partial charge on any atom is 0.573 e. The van der Waals surface area contributed by atoms with Crippen LogP contribution in [-0.2, 0) is 17.6 Å². The van der Waals surface area contributed by atoms with Crippen molar-refractivity contribution in [3.05, 3.63) is 134 Å². The second kappa shape index (κ2) is 18.3. The maximum absolute atomic E-state index is 12.4. The van der Waals surface area contributed by atoms with Gasteiger partial charge in [-0.05, 0) is 103 Å². The predicted molar refractivity (Wildman–Crippen MR) is 198 cm³/mol. The minimum atomic E-state index is -4.79. The number of ether oxygens (including phenoxy) is 2. The van der Waals surface area contributed by atoms with Crippen LogP contribution in [0.5, 0.6) is 11.5 Å². The fraction of sp³-hybridized carbons (Fsp3) is 0.275. The Morgan fingerprint density at radius 3 is 1.70 bits per heavy atom. The average molecular weight is 881 g/mol. The third-order valence-corrected chi connectivity index (χ3v) is 9.56. The molecule has 0 N–H and O–H groups in total. The lowest BCUT2D eigenvalue weighted by Gasteiger charge is -2.24. The number of carbonyl (C=O) groups excluding carboxylic acids is 2. The predicted octanol–water partition coefficient (Wildman–Crippen LogP) is 12.0. The van der Waals surface area contributed by atoms with Crippen molar-refractivity contribution in [2.45, 2.75) is 70.1 Å². The quantitative estimate of drug-likeness (QED) is 0.0751. The Kier molecular flexibility index (Phi) is 13.8. The molecule has 0 unspecified atom stereocenters. The van der Waals surface area contributed by atoms with Crippen molar-refractivity contribution in [3.8, 4) is 22.8 Å². The average Bonchev–Trinajstić information content (AvgIpc) is 3.54. The largest absolute Gasteiger partial charge is 0.573 e. The van der Waals surface area contributed by atoms with Crippen molar-refractivity contribution in [2.75, 3.05) is 0 Å². The van der Waals surface area contributed by atoms with E-state index in [1.54, 1.807) is 36.4 Å². The van der Waals surface area contributed by atoms with E-state index in [2.05, 4.69) is 64.2 Å². The van der Waals surface area contributed by atoms with E-state index in [0.717, 1.165) is 62.9 Å². The third kappa shape index (κ3) is 12.9. The normalized spacial score (nSPS) is 13.5. The number of benzene rings is 4. The van der Waals surface area contributed by atoms with E-state index in [1.165, 1.54) is 49.1 Å². The molecule has 5 aromatic rings. The molecule has 1 aliphatic carbocycles. The second-order valence-corrected chi connectivity index (χ2v) is 14.5. The molecule has 6 nitrogen and oxygen atoms in total. The summed E-state index contributed by atoms with van der Waals surface area (Å²) < 4.78 is 85.2. The summed E-state index contributed by atoms with van der Waals surface area (Å²) in [5.41, 5.74) is 4.80. The van der Waals surface area contributed by atoms with Crippen molar-refractivity contribution in [3.63, 3.8) is 0 Å². The minimum absolute atomic E-state index is 0.119. The molecule has 0 amide bonds. The molecule has 6 rings (SSSR count). The molecule has 0 aliphatic heterocycles. The van der Waals surface area contributed by atoms with Gasteiger partial charge in [0.15, 0.2) is 5.78 Å². The van der Waals surface area contributed by atoms with E-state index >= 15 is 0 Å². The SMILES string of the molecule is FC(F)(F)Oc1ccc(-c2cc(Cc3ccc(Br)cc3)n(C3CCCCC3)n2)cc1.O=C(CC(=O)c1ccc(OC(F)(F)F)cc1)Cc1ccc(Br)cc1. The van der Waals surface area contributed by atoms with Crippen molar-refractivity contribution >= 4 is 43.4 Å². The van der Waals surface area contributed by atoms with Crippen LogP contribution < -0.4 is 9.47 Å². The number of rotatable bonds is 11. The summed E-state index contributed by atoms with van der Waals surface area (Å²) >= 11 is 6.76. The molecule has 1 saturated carbocycles. The summed E-state index contributed by atoms with van der Waals surface area (Å²) in [6, 6.07) is 28.2. The van der Waals surface area contributed by atoms with Gasteiger partial charge in [-0.3, -0.25) is 14.3 Å². The summed E-state index contributed by atoms with van der Waals surface area (Å²) in [5.74, 6) is -1.36. The number of aromatic nitrogens is 2. The van der Waals surface area contributed by atoms with Gasteiger partial charge in [-0.15, -0.1) is 26.3 Å². The van der Waals surface area contributed by atoms with Crippen molar-refractivity contribution in [1.82, 2.24) is 9.78 Å². The van der Waals surface area contributed by atoms with E-state index in [1.807, 2.05) is 12.1 Å². The zero-order chi connectivity index (χ0) is 38.9. The lowest BCUT2D eigenvalue weighted by atomic mass is 9.95. The van der Waals surface area contributed by atoms with Gasteiger partial charge in [0.2, 0.25) is 0 Å². The lowest BCUT2D eigenvalue weighted by molar-refractivity contribution is -0.275. The lowest BCUT2D eigenvalue weighted by Crippen LogP contribution is -2.17. The number of alkyl halides is 6. The topological polar surface area (TPSA) is 70.4 Å². The highest BCUT2D eigenvalue weighted by Crippen LogP contribution is 2.33. The number of ketones is 2. The van der Waals surface area contributed by atoms with E-state index < -0.39 is 24.3 Å². The second-order valence-electron chi connectivity index (χ2n) is 12.6. The molecule has 0 saturated heterocycles. The molecule has 1 aliphatic rings. The Morgan fingerprint density at radius 1 is 0.685 bits per heavy atom. The Balaban J connectivity index is 0.000000213. The monoisotopic (exact) mass is 878 g/mol. The van der Waals surface area contributed by atoms with Crippen LogP contribution in [0.4, 0.5) is 26.3 Å². The molecule has 1 aromatic heterocycles. The molecule has 0 radical (unpaired) electrons. The first-order chi connectivity index (χ1) is 25.6. The minimum Gasteiger partial charge on any atom is -0.406 e. The molecule has 0 spiro atoms. The van der Waals surface area contributed by atoms with Gasteiger partial charge in [-0.2, -0.15) is 5.10 Å². The Labute approximate surface area is 324 Å². The number of carbonyl (C=O) groups is 2. The van der Waals surface area contributed by atoms with Crippen LogP contribution in [0.3, 0.4) is 0 Å². The summed E-state index contributed by atoms with van der Waals surface area (Å²) in [5, 5.41) is 4.87. The molecule has 4 aromatic carbocycles. The number of hydrogen-bond donors (Lipinski definition) is 0. The van der Waals surface area contributed by atoms with Crippen molar-refractivity contribution in [1.29, 1.82) is 0 Å². The molecule has 1 heterocycles. The van der Waals surface area contributed by atoms with Crippen LogP contribution in [0.2, 0.25) is 0 Å². The molecular formula is C40H34Br2F6N2O4. The maximum atomic E-state index is 12.4. The zero-order valence-electron chi connectivity index (χ0n) is 28.6. The van der Waals surface area contributed by atoms with Crippen LogP contribution in [-0.4, -0.2) is 34.1 Å². The van der Waals surface area contributed by atoms with Crippen molar-refractivity contribution in [2.24, 2.45) is 0 Å². The standard InChI is InChI=1S/C23H22BrF3N2O.C17H12BrF3O3/c24-18-10-6-16(7-11-18)14-20-15-22(28-29(20)19-4-2-1-3-5-19)17-8-12-21(13-9-17)30-23(25,26)27;18-13-5-1-11(2-6-13)9-14(22)10-16(23)12-3-7-15(8-4-12)24-17(19,20)21/h6-13,15,19H,1-5,14H2;1-8H,9-10H2. The Bertz CT molecular complexity index is 1990. The van der Waals surface area contributed by atoms with Crippen LogP contribution in [0.15, 0.2) is 112 Å². The Hall–Kier alpha value is -4.43. The summed E-state index contributed by atoms with van der Waals surface area (Å²) in [4.78, 5) is 23.9. The molecule has 14 heteroatoms. The number of Topliss-reactive ketones (excluding diaryl/α,β-unsaturated/α-hetero) is 2. The first-order valence-electron chi connectivity index (χ1n) is 16.9. The fourth-order valence-corrected chi connectivity index (χ4v) is 6.53. The zero-order valence-corrected chi connectivity index (χ0v) is 31.8. The van der Waals surface area contributed by atoms with Crippen LogP contribution in [0, 0.1) is 0 Å². The molecule has 1 fully saturated rings. The molecular weight excluding hydrogens is 846 g/mol. The van der Waals surface area contributed by atoms with Crippen molar-refractivity contribution < 1.29 is 45.4 Å². The molecule has 284 valence electrons. The van der Waals surface area contributed by atoms with Gasteiger partial charge in [0, 0.05) is 38.6 Å². The van der Waals surface area contributed by atoms with Gasteiger partial charge in [0.05, 0.1) is 18.2 Å². The highest BCUT2D eigenvalue weighted by molar-refractivity contribution is 9.10. The Morgan fingerprint density at radius 2 is 1.19 bits per heavy atom. The van der Waals surface area contributed by atoms with Crippen LogP contribution in [0.25, 0.3) is 11.3 Å². The van der Waals surface area contributed by atoms with E-state index in [4.69, 9.17) is 5.10 Å². The summed E-state index contributed by atoms with van der Waals surface area (Å²) in [7, 11) is 0. The molecule has 54 heavy (non-hydrogen) atoms. The van der Waals surface area contributed by atoms with E-state index in [0.29, 0.717) is 6.04 Å². The smallest absolute Gasteiger partial charge is 0.406 e. The molecule has 0 atom stereocenters. The van der Waals surface area contributed by atoms with Crippen LogP contribution in [0.1, 0.15) is 71.7 Å². The first-order valence-corrected chi connectivity index (χ1v) is 18.5. The van der Waals surface area contributed by atoms with Gasteiger partial charge in [0.25, 0.3) is 0 Å². The van der Waals surface area contributed by atoms with E-state index in [9.17, 15) is 35.9 Å². The van der Waals surface area contributed by atoms with Gasteiger partial charge >= 0.3 is 12.7 Å². The van der Waals surface area contributed by atoms with Crippen LogP contribution >= 0.6 is 31.9 Å². The molecule has 0 bridgehead atoms. The van der Waals surface area contributed by atoms with Gasteiger partial charge in [-0.25, -0.2) is 0 Å². The fourth-order valence-electron chi connectivity index (χ4n) is 6.00. The van der Waals surface area contributed by atoms with Gasteiger partial charge < -0.3 is 9.47 Å². The number of nitrogens with zero attached hydrogens (tertiary/aromatic N) is 2. The first kappa shape index (κ1) is 40.7.